The van der Waals surface area contributed by atoms with Gasteiger partial charge in [0.2, 0.25) is 0 Å². The van der Waals surface area contributed by atoms with E-state index >= 15 is 0 Å². The van der Waals surface area contributed by atoms with E-state index in [9.17, 15) is 4.79 Å². The van der Waals surface area contributed by atoms with Crippen molar-refractivity contribution in [3.63, 3.8) is 0 Å². The molecule has 0 bridgehead atoms. The highest BCUT2D eigenvalue weighted by Crippen LogP contribution is 2.43. The molecule has 0 amide bonds. The molecule has 0 aliphatic carbocycles. The minimum atomic E-state index is -1.64. The highest BCUT2D eigenvalue weighted by molar-refractivity contribution is 6.81. The number of methoxy groups -OCH3 is 1. The van der Waals surface area contributed by atoms with Gasteiger partial charge in [-0.15, -0.1) is 0 Å². The van der Waals surface area contributed by atoms with Gasteiger partial charge in [-0.2, -0.15) is 0 Å². The average Bonchev–Trinajstić information content (AvgIpc) is 2.63. The van der Waals surface area contributed by atoms with Crippen LogP contribution in [-0.4, -0.2) is 33.5 Å². The van der Waals surface area contributed by atoms with Crippen molar-refractivity contribution in [3.8, 4) is 0 Å². The van der Waals surface area contributed by atoms with Gasteiger partial charge in [0, 0.05) is 6.61 Å². The lowest BCUT2D eigenvalue weighted by Gasteiger charge is -2.42. The molecule has 1 fully saturated rings. The largest absolute Gasteiger partial charge is 0.469 e. The molecule has 0 N–H and O–H groups in total. The van der Waals surface area contributed by atoms with Crippen molar-refractivity contribution in [1.29, 1.82) is 0 Å². The van der Waals surface area contributed by atoms with E-state index in [0.717, 1.165) is 6.42 Å². The first-order valence-electron chi connectivity index (χ1n) is 5.91. The lowest BCUT2D eigenvalue weighted by Crippen LogP contribution is -2.53. The van der Waals surface area contributed by atoms with Crippen molar-refractivity contribution >= 4 is 14.0 Å². The van der Waals surface area contributed by atoms with Crippen LogP contribution >= 0.6 is 0 Å². The first kappa shape index (κ1) is 13.7. The molecule has 2 atom stereocenters. The molecule has 0 spiro atoms. The molecule has 1 aliphatic rings. The van der Waals surface area contributed by atoms with Crippen LogP contribution in [0, 0.1) is 5.92 Å². The van der Waals surface area contributed by atoms with Gasteiger partial charge in [-0.05, 0) is 11.5 Å². The molecule has 0 aromatic carbocycles. The summed E-state index contributed by atoms with van der Waals surface area (Å²) in [4.78, 5) is 11.7. The van der Waals surface area contributed by atoms with Gasteiger partial charge in [-0.3, -0.25) is 4.79 Å². The minimum absolute atomic E-state index is 0.0501. The van der Waals surface area contributed by atoms with Crippen LogP contribution in [0.25, 0.3) is 0 Å². The van der Waals surface area contributed by atoms with Gasteiger partial charge in [0.15, 0.2) is 0 Å². The number of carbonyl (C=O) groups excluding carboxylic acids is 1. The van der Waals surface area contributed by atoms with E-state index in [0.29, 0.717) is 6.61 Å². The zero-order valence-corrected chi connectivity index (χ0v) is 12.3. The predicted molar refractivity (Wildman–Crippen MR) is 67.1 cm³/mol. The lowest BCUT2D eigenvalue weighted by atomic mass is 10.1. The van der Waals surface area contributed by atoms with Crippen molar-refractivity contribution in [2.75, 3.05) is 13.7 Å². The molecule has 0 aromatic heterocycles. The maximum absolute atomic E-state index is 11.7. The van der Waals surface area contributed by atoms with Gasteiger partial charge in [0.1, 0.15) is 0 Å². The summed E-state index contributed by atoms with van der Waals surface area (Å²) >= 11 is 0. The molecule has 94 valence electrons. The third kappa shape index (κ3) is 2.32. The van der Waals surface area contributed by atoms with E-state index in [4.69, 9.17) is 9.47 Å². The van der Waals surface area contributed by atoms with Crippen LogP contribution < -0.4 is 0 Å². The molecule has 3 nitrogen and oxygen atoms in total. The number of rotatable bonds is 2. The van der Waals surface area contributed by atoms with Crippen LogP contribution in [0.4, 0.5) is 0 Å². The fraction of sp³-hybridized carbons (Fsp3) is 0.917. The van der Waals surface area contributed by atoms with Crippen LogP contribution in [0.15, 0.2) is 0 Å². The van der Waals surface area contributed by atoms with Crippen molar-refractivity contribution < 1.29 is 14.3 Å². The third-order valence-electron chi connectivity index (χ3n) is 4.24. The van der Waals surface area contributed by atoms with Crippen molar-refractivity contribution in [2.24, 2.45) is 5.92 Å². The topological polar surface area (TPSA) is 35.5 Å². The van der Waals surface area contributed by atoms with Crippen molar-refractivity contribution in [3.05, 3.63) is 0 Å². The first-order chi connectivity index (χ1) is 7.21. The molecule has 0 radical (unpaired) electrons. The van der Waals surface area contributed by atoms with E-state index in [2.05, 4.69) is 33.9 Å². The van der Waals surface area contributed by atoms with E-state index in [1.807, 2.05) is 0 Å². The maximum atomic E-state index is 11.7. The summed E-state index contributed by atoms with van der Waals surface area (Å²) < 4.78 is 10.7. The van der Waals surface area contributed by atoms with Gasteiger partial charge in [-0.1, -0.05) is 33.9 Å². The van der Waals surface area contributed by atoms with Crippen LogP contribution in [0.1, 0.15) is 27.2 Å². The Balaban J connectivity index is 2.91. The van der Waals surface area contributed by atoms with E-state index in [1.165, 1.54) is 7.11 Å². The predicted octanol–water partition coefficient (Wildman–Crippen LogP) is 2.61. The Morgan fingerprint density at radius 2 is 1.94 bits per heavy atom. The first-order valence-corrected chi connectivity index (χ1v) is 8.99. The van der Waals surface area contributed by atoms with Crippen LogP contribution in [0.2, 0.25) is 18.1 Å². The van der Waals surface area contributed by atoms with Gasteiger partial charge < -0.3 is 9.47 Å². The van der Waals surface area contributed by atoms with Crippen molar-refractivity contribution in [1.82, 2.24) is 0 Å². The molecule has 0 unspecified atom stereocenters. The standard InChI is InChI=1S/C12H24O3Si/c1-12(2,3)16(5,6)11-9(7-8-15-11)10(13)14-4/h9,11H,7-8H2,1-6H3/t9-,11+/m0/s1. The lowest BCUT2D eigenvalue weighted by molar-refractivity contribution is -0.146. The second kappa shape index (κ2) is 4.49. The second-order valence-electron chi connectivity index (χ2n) is 6.18. The fourth-order valence-electron chi connectivity index (χ4n) is 2.12. The molecule has 0 aromatic rings. The molecule has 1 rings (SSSR count). The van der Waals surface area contributed by atoms with Gasteiger partial charge in [0.25, 0.3) is 0 Å². The molecule has 4 heteroatoms. The summed E-state index contributed by atoms with van der Waals surface area (Å²) in [5, 5.41) is 0.230. The highest BCUT2D eigenvalue weighted by atomic mass is 28.3. The zero-order valence-electron chi connectivity index (χ0n) is 11.3. The number of hydrogen-bond donors (Lipinski definition) is 0. The Kier molecular flexibility index (Phi) is 3.85. The summed E-state index contributed by atoms with van der Waals surface area (Å²) in [5.41, 5.74) is 0.0972. The molecule has 1 heterocycles. The Morgan fingerprint density at radius 1 is 1.38 bits per heavy atom. The molecule has 1 saturated heterocycles. The summed E-state index contributed by atoms with van der Waals surface area (Å²) in [6.07, 6.45) is 0.809. The van der Waals surface area contributed by atoms with Crippen molar-refractivity contribution in [2.45, 2.75) is 51.1 Å². The van der Waals surface area contributed by atoms with E-state index in [-0.39, 0.29) is 22.7 Å². The Hall–Kier alpha value is -0.353. The number of esters is 1. The molecule has 0 saturated carbocycles. The molecule has 1 aliphatic heterocycles. The average molecular weight is 244 g/mol. The number of ether oxygens (including phenoxy) is 2. The van der Waals surface area contributed by atoms with E-state index in [1.54, 1.807) is 0 Å². The fourth-order valence-corrected chi connectivity index (χ4v) is 4.82. The summed E-state index contributed by atoms with van der Waals surface area (Å²) in [5.74, 6) is -0.154. The monoisotopic (exact) mass is 244 g/mol. The second-order valence-corrected chi connectivity index (χ2v) is 11.7. The normalized spacial score (nSPS) is 26.9. The third-order valence-corrected chi connectivity index (χ3v) is 10.1. The van der Waals surface area contributed by atoms with Gasteiger partial charge in [0.05, 0.1) is 26.8 Å². The summed E-state index contributed by atoms with van der Waals surface area (Å²) in [7, 11) is -0.175. The molecular weight excluding hydrogens is 220 g/mol. The molecule has 16 heavy (non-hydrogen) atoms. The smallest absolute Gasteiger partial charge is 0.311 e. The quantitative estimate of drug-likeness (QED) is 0.553. The maximum Gasteiger partial charge on any atom is 0.311 e. The summed E-state index contributed by atoms with van der Waals surface area (Å²) in [6, 6.07) is 0. The van der Waals surface area contributed by atoms with Crippen LogP contribution in [0.3, 0.4) is 0 Å². The highest BCUT2D eigenvalue weighted by Gasteiger charge is 2.50. The van der Waals surface area contributed by atoms with Crippen LogP contribution in [-0.2, 0) is 14.3 Å². The Labute approximate surface area is 99.5 Å². The van der Waals surface area contributed by atoms with Gasteiger partial charge in [-0.25, -0.2) is 0 Å². The van der Waals surface area contributed by atoms with Gasteiger partial charge >= 0.3 is 5.97 Å². The minimum Gasteiger partial charge on any atom is -0.469 e. The molecular formula is C12H24O3Si. The Bertz CT molecular complexity index is 268. The number of hydrogen-bond acceptors (Lipinski definition) is 3. The SMILES string of the molecule is COC(=O)[C@@H]1CCO[C@@H]1[Si](C)(C)C(C)(C)C. The number of carbonyl (C=O) groups is 1. The zero-order chi connectivity index (χ0) is 12.6. The van der Waals surface area contributed by atoms with E-state index < -0.39 is 8.07 Å². The summed E-state index contributed by atoms with van der Waals surface area (Å²) in [6.45, 7) is 12.0. The van der Waals surface area contributed by atoms with Crippen LogP contribution in [0.5, 0.6) is 0 Å². The Morgan fingerprint density at radius 3 is 2.38 bits per heavy atom.